The largest absolute Gasteiger partial charge is 0.492 e. The van der Waals surface area contributed by atoms with Gasteiger partial charge in [-0.3, -0.25) is 9.78 Å². The van der Waals surface area contributed by atoms with E-state index >= 15 is 0 Å². The summed E-state index contributed by atoms with van der Waals surface area (Å²) < 4.78 is 36.6. The molecule has 1 aromatic heterocycles. The van der Waals surface area contributed by atoms with E-state index in [4.69, 9.17) is 9.47 Å². The molecular formula is C32H41N3O7S. The molecule has 1 atom stereocenters. The number of nitrogens with one attached hydrogen (secondary N) is 1. The summed E-state index contributed by atoms with van der Waals surface area (Å²) in [6.07, 6.45) is 3.20. The summed E-state index contributed by atoms with van der Waals surface area (Å²) in [5, 5.41) is 10.6. The van der Waals surface area contributed by atoms with Crippen LogP contribution in [-0.4, -0.2) is 67.0 Å². The van der Waals surface area contributed by atoms with Crippen molar-refractivity contribution in [2.45, 2.75) is 52.7 Å². The van der Waals surface area contributed by atoms with Crippen molar-refractivity contribution in [3.8, 4) is 16.9 Å². The van der Waals surface area contributed by atoms with Crippen molar-refractivity contribution in [1.82, 2.24) is 14.6 Å². The van der Waals surface area contributed by atoms with E-state index < -0.39 is 33.7 Å². The molecule has 3 aromatic rings. The summed E-state index contributed by atoms with van der Waals surface area (Å²) in [6.45, 7) is 10.2. The van der Waals surface area contributed by atoms with E-state index in [1.807, 2.05) is 63.6 Å². The lowest BCUT2D eigenvalue weighted by atomic mass is 10.0. The molecular weight excluding hydrogens is 570 g/mol. The van der Waals surface area contributed by atoms with Crippen molar-refractivity contribution in [3.63, 3.8) is 0 Å². The second-order valence-electron chi connectivity index (χ2n) is 11.8. The number of rotatable bonds is 12. The zero-order valence-corrected chi connectivity index (χ0v) is 26.3. The number of amides is 2. The van der Waals surface area contributed by atoms with Gasteiger partial charge in [0.25, 0.3) is 5.91 Å². The molecule has 10 nitrogen and oxygen atoms in total. The van der Waals surface area contributed by atoms with Gasteiger partial charge in [-0.1, -0.05) is 50.2 Å². The van der Waals surface area contributed by atoms with Gasteiger partial charge in [-0.05, 0) is 61.6 Å². The summed E-state index contributed by atoms with van der Waals surface area (Å²) in [4.78, 5) is 31.1. The molecule has 11 heteroatoms. The summed E-state index contributed by atoms with van der Waals surface area (Å²) in [5.41, 5.74) is 2.80. The standard InChI is InChI=1S/C32H41N3O7S/c1-22(2)21-42-29-18-25(13-14-27(29)30(37)34-43(6,39)40)24-11-9-23(10-12-24)15-17-41-31(38)35(32(3,4)5)20-28(36)26-8-7-16-33-19-26/h7-14,16,18-19,22,28,36H,15,17,20-21H2,1-6H3,(H,34,37)/t28-/m0/s1. The van der Waals surface area contributed by atoms with Gasteiger partial charge in [-0.25, -0.2) is 17.9 Å². The van der Waals surface area contributed by atoms with Crippen LogP contribution in [0, 0.1) is 5.92 Å². The number of β-amino-alcohol motifs (C(OH)–C–C–N with tert-alkyl or cyclic N) is 1. The summed E-state index contributed by atoms with van der Waals surface area (Å²) in [7, 11) is -3.73. The van der Waals surface area contributed by atoms with Gasteiger partial charge in [0.15, 0.2) is 0 Å². The Labute approximate surface area is 254 Å². The molecule has 0 radical (unpaired) electrons. The van der Waals surface area contributed by atoms with E-state index in [1.54, 1.807) is 42.7 Å². The second-order valence-corrected chi connectivity index (χ2v) is 13.5. The number of hydrogen-bond donors (Lipinski definition) is 2. The molecule has 0 aliphatic carbocycles. The molecule has 0 aliphatic rings. The Kier molecular flexibility index (Phi) is 11.3. The molecule has 0 saturated heterocycles. The molecule has 2 aromatic carbocycles. The van der Waals surface area contributed by atoms with E-state index in [2.05, 4.69) is 4.98 Å². The smallest absolute Gasteiger partial charge is 0.410 e. The zero-order valence-electron chi connectivity index (χ0n) is 25.5. The fourth-order valence-corrected chi connectivity index (χ4v) is 4.61. The average Bonchev–Trinajstić information content (AvgIpc) is 2.93. The lowest BCUT2D eigenvalue weighted by Gasteiger charge is -2.36. The van der Waals surface area contributed by atoms with Gasteiger partial charge in [0.05, 0.1) is 37.7 Å². The first-order valence-corrected chi connectivity index (χ1v) is 15.9. The quantitative estimate of drug-likeness (QED) is 0.293. The summed E-state index contributed by atoms with van der Waals surface area (Å²) >= 11 is 0. The number of benzene rings is 2. The molecule has 0 aliphatic heterocycles. The number of nitrogens with zero attached hydrogens (tertiary/aromatic N) is 2. The van der Waals surface area contributed by atoms with Crippen LogP contribution in [0.25, 0.3) is 11.1 Å². The number of ether oxygens (including phenoxy) is 2. The number of aromatic nitrogens is 1. The number of pyridine rings is 1. The summed E-state index contributed by atoms with van der Waals surface area (Å²) in [5.74, 6) is -0.265. The Morgan fingerprint density at radius 1 is 1.05 bits per heavy atom. The highest BCUT2D eigenvalue weighted by atomic mass is 32.2. The van der Waals surface area contributed by atoms with Crippen LogP contribution in [-0.2, 0) is 21.2 Å². The fraction of sp³-hybridized carbons (Fsp3) is 0.406. The zero-order chi connectivity index (χ0) is 31.8. The number of hydrogen-bond acceptors (Lipinski definition) is 8. The predicted molar refractivity (Wildman–Crippen MR) is 165 cm³/mol. The Balaban J connectivity index is 1.66. The fourth-order valence-electron chi connectivity index (χ4n) is 4.16. The maximum Gasteiger partial charge on any atom is 0.410 e. The topological polar surface area (TPSA) is 135 Å². The Hall–Kier alpha value is -3.96. The third-order valence-corrected chi connectivity index (χ3v) is 6.99. The van der Waals surface area contributed by atoms with Crippen LogP contribution >= 0.6 is 0 Å². The van der Waals surface area contributed by atoms with Crippen LogP contribution in [0.3, 0.4) is 0 Å². The lowest BCUT2D eigenvalue weighted by Crippen LogP contribution is -2.48. The molecule has 0 bridgehead atoms. The van der Waals surface area contributed by atoms with Crippen LogP contribution in [0.4, 0.5) is 4.79 Å². The first kappa shape index (κ1) is 33.5. The van der Waals surface area contributed by atoms with Crippen molar-refractivity contribution < 1.29 is 32.6 Å². The molecule has 0 unspecified atom stereocenters. The van der Waals surface area contributed by atoms with Gasteiger partial charge in [-0.2, -0.15) is 0 Å². The highest BCUT2D eigenvalue weighted by Crippen LogP contribution is 2.29. The summed E-state index contributed by atoms with van der Waals surface area (Å²) in [6, 6.07) is 16.2. The first-order valence-electron chi connectivity index (χ1n) is 14.0. The monoisotopic (exact) mass is 611 g/mol. The van der Waals surface area contributed by atoms with Crippen molar-refractivity contribution in [3.05, 3.63) is 83.7 Å². The number of carbonyl (C=O) groups is 2. The maximum absolute atomic E-state index is 13.0. The molecule has 3 rings (SSSR count). The number of sulfonamides is 1. The van der Waals surface area contributed by atoms with Gasteiger partial charge in [-0.15, -0.1) is 0 Å². The van der Waals surface area contributed by atoms with Crippen LogP contribution in [0.1, 0.15) is 62.2 Å². The Bertz CT molecular complexity index is 1490. The second kappa shape index (κ2) is 14.5. The lowest BCUT2D eigenvalue weighted by molar-refractivity contribution is 0.0367. The van der Waals surface area contributed by atoms with E-state index in [0.717, 1.165) is 22.9 Å². The number of aliphatic hydroxyl groups is 1. The molecule has 232 valence electrons. The minimum absolute atomic E-state index is 0.0697. The van der Waals surface area contributed by atoms with Crippen molar-refractivity contribution >= 4 is 22.0 Å². The van der Waals surface area contributed by atoms with E-state index in [9.17, 15) is 23.1 Å². The van der Waals surface area contributed by atoms with Crippen molar-refractivity contribution in [1.29, 1.82) is 0 Å². The van der Waals surface area contributed by atoms with E-state index in [-0.39, 0.29) is 24.6 Å². The minimum Gasteiger partial charge on any atom is -0.492 e. The van der Waals surface area contributed by atoms with Crippen molar-refractivity contribution in [2.75, 3.05) is 26.0 Å². The van der Waals surface area contributed by atoms with E-state index in [0.29, 0.717) is 24.3 Å². The molecule has 0 fully saturated rings. The Morgan fingerprint density at radius 3 is 2.30 bits per heavy atom. The van der Waals surface area contributed by atoms with Crippen LogP contribution < -0.4 is 9.46 Å². The third kappa shape index (κ3) is 10.4. The number of carbonyl (C=O) groups excluding carboxylic acids is 2. The molecule has 0 spiro atoms. The number of aliphatic hydroxyl groups excluding tert-OH is 1. The molecule has 2 N–H and O–H groups in total. The highest BCUT2D eigenvalue weighted by molar-refractivity contribution is 7.89. The van der Waals surface area contributed by atoms with Gasteiger partial charge in [0.2, 0.25) is 10.0 Å². The van der Waals surface area contributed by atoms with E-state index in [1.165, 1.54) is 4.90 Å². The normalized spacial score (nSPS) is 12.5. The molecule has 1 heterocycles. The molecule has 2 amide bonds. The first-order chi connectivity index (χ1) is 20.1. The van der Waals surface area contributed by atoms with Gasteiger partial charge >= 0.3 is 6.09 Å². The maximum atomic E-state index is 13.0. The van der Waals surface area contributed by atoms with Crippen LogP contribution in [0.2, 0.25) is 0 Å². The third-order valence-electron chi connectivity index (χ3n) is 6.43. The average molecular weight is 612 g/mol. The van der Waals surface area contributed by atoms with Crippen LogP contribution in [0.15, 0.2) is 67.0 Å². The Morgan fingerprint density at radius 2 is 1.72 bits per heavy atom. The molecule has 43 heavy (non-hydrogen) atoms. The minimum atomic E-state index is -3.73. The van der Waals surface area contributed by atoms with Gasteiger partial charge in [0, 0.05) is 29.9 Å². The van der Waals surface area contributed by atoms with Crippen molar-refractivity contribution in [2.24, 2.45) is 5.92 Å². The molecule has 0 saturated carbocycles. The highest BCUT2D eigenvalue weighted by Gasteiger charge is 2.30. The van der Waals surface area contributed by atoms with Gasteiger partial charge < -0.3 is 19.5 Å². The predicted octanol–water partition coefficient (Wildman–Crippen LogP) is 4.99. The SMILES string of the molecule is CC(C)COc1cc(-c2ccc(CCOC(=O)N(C[C@H](O)c3cccnc3)C(C)(C)C)cc2)ccc1C(=O)NS(C)(=O)=O. The van der Waals surface area contributed by atoms with Crippen LogP contribution in [0.5, 0.6) is 5.75 Å². The van der Waals surface area contributed by atoms with Gasteiger partial charge in [0.1, 0.15) is 5.75 Å².